The van der Waals surface area contributed by atoms with Gasteiger partial charge in [-0.15, -0.1) is 0 Å². The van der Waals surface area contributed by atoms with Crippen molar-refractivity contribution < 1.29 is 97.4 Å². The third-order valence-electron chi connectivity index (χ3n) is 24.0. The van der Waals surface area contributed by atoms with Gasteiger partial charge in [0, 0.05) is 81.5 Å². The summed E-state index contributed by atoms with van der Waals surface area (Å²) in [5.41, 5.74) is -1.69. The zero-order valence-corrected chi connectivity index (χ0v) is 64.1. The van der Waals surface area contributed by atoms with Crippen LogP contribution < -0.4 is 16.0 Å². The highest BCUT2D eigenvalue weighted by atomic mass is 19.4. The second kappa shape index (κ2) is 37.5. The van der Waals surface area contributed by atoms with Crippen LogP contribution in [0.15, 0.2) is 12.2 Å². The number of fused-ring (bicyclic) bond motifs is 3. The third-order valence-corrected chi connectivity index (χ3v) is 24.0. The van der Waals surface area contributed by atoms with Gasteiger partial charge in [0.1, 0.15) is 72.1 Å². The summed E-state index contributed by atoms with van der Waals surface area (Å²) in [6, 6.07) is -11.4. The van der Waals surface area contributed by atoms with Crippen molar-refractivity contribution in [3.05, 3.63) is 12.2 Å². The number of amides is 12. The summed E-state index contributed by atoms with van der Waals surface area (Å²) in [7, 11) is 7.94. The van der Waals surface area contributed by atoms with Gasteiger partial charge in [0.15, 0.2) is 0 Å². The van der Waals surface area contributed by atoms with Gasteiger partial charge in [-0.3, -0.25) is 57.5 Å². The number of hydrogen-bond donors (Lipinski definition) is 3. The minimum atomic E-state index is -5.22. The molecule has 107 heavy (non-hydrogen) atoms. The highest BCUT2D eigenvalue weighted by Crippen LogP contribution is 2.46. The molecule has 7 aliphatic rings. The highest BCUT2D eigenvalue weighted by molar-refractivity contribution is 6.01. The molecule has 25 nitrogen and oxygen atoms in total. The fraction of sp³-hybridized carbons (Fsp3) is 0.811. The van der Waals surface area contributed by atoms with Crippen molar-refractivity contribution in [2.75, 3.05) is 88.2 Å². The van der Waals surface area contributed by atoms with Gasteiger partial charge in [0.2, 0.25) is 70.9 Å². The molecule has 0 aromatic carbocycles. The first-order chi connectivity index (χ1) is 50.2. The second-order valence-corrected chi connectivity index (χ2v) is 31.0. The summed E-state index contributed by atoms with van der Waals surface area (Å²) in [4.78, 5) is 191. The van der Waals surface area contributed by atoms with Gasteiger partial charge in [-0.25, -0.2) is 8.78 Å². The van der Waals surface area contributed by atoms with E-state index in [4.69, 9.17) is 4.74 Å². The molecule has 3 N–H and O–H groups in total. The third kappa shape index (κ3) is 20.8. The number of carbonyl (C=O) groups excluding carboxylic acids is 12. The Balaban J connectivity index is 1.32. The first kappa shape index (κ1) is 87.0. The monoisotopic (exact) mass is 1530 g/mol. The van der Waals surface area contributed by atoms with E-state index in [1.165, 1.54) is 63.9 Å². The van der Waals surface area contributed by atoms with Crippen LogP contribution >= 0.6 is 0 Å². The molecule has 2 saturated heterocycles. The van der Waals surface area contributed by atoms with Crippen LogP contribution in [0, 0.1) is 35.5 Å². The molecule has 2 unspecified atom stereocenters. The van der Waals surface area contributed by atoms with Crippen molar-refractivity contribution in [1.29, 1.82) is 0 Å². The van der Waals surface area contributed by atoms with Crippen molar-refractivity contribution in [1.82, 2.24) is 60.0 Å². The average Bonchev–Trinajstić information content (AvgIpc) is 1.75. The van der Waals surface area contributed by atoms with Crippen LogP contribution in [0.25, 0.3) is 0 Å². The topological polar surface area (TPSA) is 279 Å². The summed E-state index contributed by atoms with van der Waals surface area (Å²) in [6.45, 7) is 8.40. The van der Waals surface area contributed by atoms with E-state index < -0.39 is 230 Å². The van der Waals surface area contributed by atoms with Crippen LogP contribution in [0.3, 0.4) is 0 Å². The number of nitrogens with zero attached hydrogens (tertiary/aromatic N) is 9. The summed E-state index contributed by atoms with van der Waals surface area (Å²) < 4.78 is 121. The molecule has 604 valence electrons. The predicted molar refractivity (Wildman–Crippen MR) is 377 cm³/mol. The molecule has 7 rings (SSSR count). The van der Waals surface area contributed by atoms with E-state index in [1.807, 2.05) is 0 Å². The maximum atomic E-state index is 15.5. The van der Waals surface area contributed by atoms with Crippen molar-refractivity contribution in [2.45, 2.75) is 261 Å². The molecule has 12 amide bonds. The molecule has 2 bridgehead atoms. The normalized spacial score (nSPS) is 32.1. The summed E-state index contributed by atoms with van der Waals surface area (Å²) in [5.74, 6) is -16.8. The van der Waals surface area contributed by atoms with E-state index in [2.05, 4.69) is 16.0 Å². The van der Waals surface area contributed by atoms with Gasteiger partial charge in [0.25, 0.3) is 0 Å². The minimum absolute atomic E-state index is 0.00439. The van der Waals surface area contributed by atoms with Crippen LogP contribution in [-0.4, -0.2) is 288 Å². The zero-order valence-electron chi connectivity index (χ0n) is 64.1. The van der Waals surface area contributed by atoms with Crippen molar-refractivity contribution in [2.24, 2.45) is 35.5 Å². The van der Waals surface area contributed by atoms with Crippen molar-refractivity contribution in [3.63, 3.8) is 0 Å². The Morgan fingerprint density at radius 1 is 0.645 bits per heavy atom. The van der Waals surface area contributed by atoms with Crippen LogP contribution in [-0.2, 0) is 62.3 Å². The Kier molecular flexibility index (Phi) is 30.5. The van der Waals surface area contributed by atoms with E-state index in [0.717, 1.165) is 29.4 Å². The van der Waals surface area contributed by atoms with Crippen LogP contribution in [0.1, 0.15) is 176 Å². The van der Waals surface area contributed by atoms with Crippen molar-refractivity contribution in [3.8, 4) is 0 Å². The Bertz CT molecular complexity index is 3190. The van der Waals surface area contributed by atoms with Crippen LogP contribution in [0.4, 0.5) is 35.1 Å². The quantitative estimate of drug-likeness (QED) is 0.139. The molecule has 0 radical (unpaired) electrons. The molecule has 3 heterocycles. The number of nitrogens with one attached hydrogen (secondary N) is 3. The smallest absolute Gasteiger partial charge is 0.377 e. The molecule has 12 atom stereocenters. The number of alkyl halides is 8. The number of likely N-dealkylation sites (N-methyl/N-ethyl adjacent to an activating group) is 7. The number of halogens is 8. The minimum Gasteiger partial charge on any atom is -0.377 e. The largest absolute Gasteiger partial charge is 0.397 e. The van der Waals surface area contributed by atoms with Gasteiger partial charge in [-0.05, 0) is 154 Å². The molecular weight excluding hydrogens is 1420 g/mol. The van der Waals surface area contributed by atoms with E-state index >= 15 is 37.5 Å². The fourth-order valence-corrected chi connectivity index (χ4v) is 16.8. The fourth-order valence-electron chi connectivity index (χ4n) is 16.8. The number of hydrogen-bond acceptors (Lipinski definition) is 13. The van der Waals surface area contributed by atoms with Gasteiger partial charge >= 0.3 is 12.4 Å². The molecule has 0 aromatic heterocycles. The van der Waals surface area contributed by atoms with Crippen molar-refractivity contribution >= 4 is 70.9 Å². The van der Waals surface area contributed by atoms with Gasteiger partial charge < -0.3 is 64.8 Å². The lowest BCUT2D eigenvalue weighted by Gasteiger charge is -2.47. The predicted octanol–water partition coefficient (Wildman–Crippen LogP) is 6.10. The van der Waals surface area contributed by atoms with Crippen LogP contribution in [0.2, 0.25) is 0 Å². The molecule has 6 fully saturated rings. The first-order valence-electron chi connectivity index (χ1n) is 38.3. The number of carbonyl (C=O) groups is 12. The summed E-state index contributed by atoms with van der Waals surface area (Å²) in [5, 5.41) is 8.32. The molecule has 0 aromatic rings. The van der Waals surface area contributed by atoms with Gasteiger partial charge in [0.05, 0.1) is 31.5 Å². The standard InChI is InChI=1S/C74H114F8N12O13/c1-13-43(5)61-69(104)87(8)42-59(97)89(10)53-25-18-17-21-34-93(68(53)103)56(37-45-26-29-48(30-27-45)73(77,78)79)66(101)86(7)41-57(95)83-52(31-28-46-35-50(75)60(51(76)36-46)74(80,81)82)65(100)94-40-49(107-16-4)38-54(94)64(99)85-72(32-22-33-72)71(106)91(12)62(47-23-19-20-24-47)70(105)90(11)55(67(102)92(14-2)15-3)39-58(96)88(9)44(6)63(98)84-61/h17-18,43-56,60-62H,13-16,19-42H2,1-12H3,(H,83,95)(H,84,98)(H,85,99)/b18-17-/t43-,44-,45?,46?,48?,49+,50?,51?,52-,53-,54-,55-,56-,60?,61-,62-/m0/s1. The van der Waals surface area contributed by atoms with E-state index in [-0.39, 0.29) is 103 Å². The van der Waals surface area contributed by atoms with E-state index in [9.17, 15) is 55.1 Å². The lowest BCUT2D eigenvalue weighted by Crippen LogP contribution is -2.68. The van der Waals surface area contributed by atoms with Gasteiger partial charge in [-0.1, -0.05) is 45.3 Å². The maximum Gasteiger partial charge on any atom is 0.397 e. The number of ether oxygens (including phenoxy) is 1. The molecule has 33 heteroatoms. The Hall–Kier alpha value is -7.22. The van der Waals surface area contributed by atoms with E-state index in [0.29, 0.717) is 38.5 Å². The summed E-state index contributed by atoms with van der Waals surface area (Å²) >= 11 is 0. The maximum absolute atomic E-state index is 15.5. The molecular formula is C74H114F8N12O13. The SMILES string of the molecule is CCO[C@@H]1C[C@H]2C(=O)NC3(CCC3)C(=O)N(C)[C@@H](C3CCCC3)C(=O)N(C)[C@H](C(=O)N(CC)CC)CC(=O)N(C)[C@@H](C)C(=O)N[C@@H]([C@@H](C)CC)C(=O)N(C)CC(=O)N(C)[C@H]3C/C=C\CCN(C3=O)[C@@H](CC3CCC(C(F)(F)F)CC3)C(=O)N(C)CC(=O)N[C@@H](CCC3CC(F)C(C(F)(F)F)C(F)C3)C(=O)N2C1. The Morgan fingerprint density at radius 3 is 1.82 bits per heavy atom. The highest BCUT2D eigenvalue weighted by Gasteiger charge is 2.56. The molecule has 1 spiro atoms. The first-order valence-corrected chi connectivity index (χ1v) is 38.3. The van der Waals surface area contributed by atoms with Crippen LogP contribution in [0.5, 0.6) is 0 Å². The zero-order chi connectivity index (χ0) is 79.5. The average molecular weight is 1530 g/mol. The van der Waals surface area contributed by atoms with E-state index in [1.54, 1.807) is 46.8 Å². The molecule has 4 aliphatic carbocycles. The summed E-state index contributed by atoms with van der Waals surface area (Å²) in [6.07, 6.45) is -13.2. The molecule has 3 aliphatic heterocycles. The Morgan fingerprint density at radius 2 is 1.26 bits per heavy atom. The number of rotatable bonds is 13. The Labute approximate surface area is 623 Å². The second-order valence-electron chi connectivity index (χ2n) is 31.0. The molecule has 4 saturated carbocycles. The van der Waals surface area contributed by atoms with Gasteiger partial charge in [-0.2, -0.15) is 26.3 Å². The lowest BCUT2D eigenvalue weighted by molar-refractivity contribution is -0.219. The lowest BCUT2D eigenvalue weighted by atomic mass is 9.74.